The van der Waals surface area contributed by atoms with Crippen molar-refractivity contribution in [2.75, 3.05) is 16.8 Å². The van der Waals surface area contributed by atoms with Gasteiger partial charge in [0.05, 0.1) is 17.9 Å². The van der Waals surface area contributed by atoms with Gasteiger partial charge in [-0.25, -0.2) is 9.29 Å². The maximum absolute atomic E-state index is 13.5. The van der Waals surface area contributed by atoms with Gasteiger partial charge in [0, 0.05) is 11.8 Å². The van der Waals surface area contributed by atoms with Gasteiger partial charge < -0.3 is 10.1 Å². The van der Waals surface area contributed by atoms with E-state index in [1.165, 1.54) is 24.3 Å². The molecule has 1 N–H and O–H groups in total. The van der Waals surface area contributed by atoms with Gasteiger partial charge in [0.2, 0.25) is 0 Å². The molecule has 0 atom stereocenters. The summed E-state index contributed by atoms with van der Waals surface area (Å²) in [5.74, 6) is -0.812. The molecule has 6 heteroatoms. The van der Waals surface area contributed by atoms with E-state index in [0.29, 0.717) is 29.3 Å². The summed E-state index contributed by atoms with van der Waals surface area (Å²) < 4.78 is 19.1. The zero-order chi connectivity index (χ0) is 21.8. The molecule has 2 amide bonds. The Bertz CT molecular complexity index is 1140. The zero-order valence-corrected chi connectivity index (χ0v) is 17.0. The number of para-hydroxylation sites is 1. The molecule has 0 bridgehead atoms. The lowest BCUT2D eigenvalue weighted by Gasteiger charge is -2.16. The summed E-state index contributed by atoms with van der Waals surface area (Å²) in [7, 11) is 0. The number of nitrogens with one attached hydrogen (secondary N) is 1. The summed E-state index contributed by atoms with van der Waals surface area (Å²) in [6.07, 6.45) is 0.840. The van der Waals surface area contributed by atoms with Crippen molar-refractivity contribution in [3.63, 3.8) is 0 Å². The van der Waals surface area contributed by atoms with Crippen LogP contribution in [-0.2, 0) is 9.59 Å². The predicted octanol–water partition coefficient (Wildman–Crippen LogP) is 5.01. The summed E-state index contributed by atoms with van der Waals surface area (Å²) >= 11 is 0. The minimum atomic E-state index is -0.485. The normalized spacial score (nSPS) is 13.7. The SMILES string of the molecule is CCCOc1cccc(N2C(=O)C(Nc3ccccc3)=C(c3ccc(F)cc3)C2=O)c1. The summed E-state index contributed by atoms with van der Waals surface area (Å²) in [5, 5.41) is 3.08. The summed E-state index contributed by atoms with van der Waals surface area (Å²) in [4.78, 5) is 27.9. The molecule has 3 aromatic carbocycles. The molecular weight excluding hydrogens is 395 g/mol. The first-order valence-electron chi connectivity index (χ1n) is 10.0. The molecule has 1 aliphatic rings. The van der Waals surface area contributed by atoms with E-state index in [0.717, 1.165) is 11.3 Å². The van der Waals surface area contributed by atoms with Gasteiger partial charge in [-0.2, -0.15) is 0 Å². The van der Waals surface area contributed by atoms with Crippen LogP contribution in [0.25, 0.3) is 5.57 Å². The van der Waals surface area contributed by atoms with E-state index in [9.17, 15) is 14.0 Å². The highest BCUT2D eigenvalue weighted by molar-refractivity contribution is 6.46. The Kier molecular flexibility index (Phi) is 5.80. The monoisotopic (exact) mass is 416 g/mol. The first-order chi connectivity index (χ1) is 15.1. The molecule has 0 aliphatic carbocycles. The largest absolute Gasteiger partial charge is 0.494 e. The minimum Gasteiger partial charge on any atom is -0.494 e. The van der Waals surface area contributed by atoms with Gasteiger partial charge >= 0.3 is 0 Å². The van der Waals surface area contributed by atoms with E-state index >= 15 is 0 Å². The van der Waals surface area contributed by atoms with Crippen molar-refractivity contribution in [2.24, 2.45) is 0 Å². The van der Waals surface area contributed by atoms with Crippen LogP contribution >= 0.6 is 0 Å². The van der Waals surface area contributed by atoms with Crippen molar-refractivity contribution in [3.8, 4) is 5.75 Å². The molecular formula is C25H21FN2O3. The van der Waals surface area contributed by atoms with Gasteiger partial charge in [-0.3, -0.25) is 9.59 Å². The number of hydrogen-bond acceptors (Lipinski definition) is 4. The summed E-state index contributed by atoms with van der Waals surface area (Å²) in [6.45, 7) is 2.53. The maximum Gasteiger partial charge on any atom is 0.282 e. The smallest absolute Gasteiger partial charge is 0.282 e. The molecule has 0 saturated carbocycles. The Morgan fingerprint density at radius 1 is 0.903 bits per heavy atom. The molecule has 1 aliphatic heterocycles. The predicted molar refractivity (Wildman–Crippen MR) is 118 cm³/mol. The Labute approximate surface area is 179 Å². The number of anilines is 2. The number of carbonyl (C=O) groups is 2. The lowest BCUT2D eigenvalue weighted by molar-refractivity contribution is -0.120. The van der Waals surface area contributed by atoms with Gasteiger partial charge in [-0.05, 0) is 48.4 Å². The van der Waals surface area contributed by atoms with E-state index in [1.807, 2.05) is 25.1 Å². The fraction of sp³-hybridized carbons (Fsp3) is 0.120. The van der Waals surface area contributed by atoms with Crippen molar-refractivity contribution in [2.45, 2.75) is 13.3 Å². The van der Waals surface area contributed by atoms with Crippen molar-refractivity contribution < 1.29 is 18.7 Å². The molecule has 0 radical (unpaired) electrons. The topological polar surface area (TPSA) is 58.6 Å². The third-order valence-corrected chi connectivity index (χ3v) is 4.81. The van der Waals surface area contributed by atoms with Crippen molar-refractivity contribution in [1.82, 2.24) is 0 Å². The third-order valence-electron chi connectivity index (χ3n) is 4.81. The van der Waals surface area contributed by atoms with Crippen molar-refractivity contribution >= 4 is 28.8 Å². The number of imide groups is 1. The molecule has 1 heterocycles. The molecule has 5 nitrogen and oxygen atoms in total. The van der Waals surface area contributed by atoms with Crippen LogP contribution in [0.5, 0.6) is 5.75 Å². The fourth-order valence-electron chi connectivity index (χ4n) is 3.36. The molecule has 0 unspecified atom stereocenters. The number of hydrogen-bond donors (Lipinski definition) is 1. The standard InChI is InChI=1S/C25H21FN2O3/c1-2-15-31-21-10-6-9-20(16-21)28-24(29)22(17-11-13-18(26)14-12-17)23(25(28)30)27-19-7-4-3-5-8-19/h3-14,16,27H,2,15H2,1H3. The second-order valence-electron chi connectivity index (χ2n) is 7.04. The summed E-state index contributed by atoms with van der Waals surface area (Å²) in [5.41, 5.74) is 1.86. The van der Waals surface area contributed by atoms with Crippen LogP contribution < -0.4 is 15.0 Å². The van der Waals surface area contributed by atoms with Crippen molar-refractivity contribution in [1.29, 1.82) is 0 Å². The second-order valence-corrected chi connectivity index (χ2v) is 7.04. The van der Waals surface area contributed by atoms with E-state index in [4.69, 9.17) is 4.74 Å². The van der Waals surface area contributed by atoms with Crippen LogP contribution in [-0.4, -0.2) is 18.4 Å². The van der Waals surface area contributed by atoms with Crippen LogP contribution in [0.2, 0.25) is 0 Å². The van der Waals surface area contributed by atoms with Gasteiger partial charge in [0.1, 0.15) is 17.3 Å². The van der Waals surface area contributed by atoms with E-state index in [-0.39, 0.29) is 11.3 Å². The molecule has 0 aromatic heterocycles. The van der Waals surface area contributed by atoms with Gasteiger partial charge in [-0.15, -0.1) is 0 Å². The van der Waals surface area contributed by atoms with Gasteiger partial charge in [0.15, 0.2) is 0 Å². The highest BCUT2D eigenvalue weighted by Crippen LogP contribution is 2.35. The Morgan fingerprint density at radius 3 is 2.35 bits per heavy atom. The minimum absolute atomic E-state index is 0.141. The highest BCUT2D eigenvalue weighted by atomic mass is 19.1. The van der Waals surface area contributed by atoms with Crippen LogP contribution in [0.15, 0.2) is 84.6 Å². The molecule has 3 aromatic rings. The number of carbonyl (C=O) groups excluding carboxylic acids is 2. The Balaban J connectivity index is 1.76. The molecule has 156 valence electrons. The number of nitrogens with zero attached hydrogens (tertiary/aromatic N) is 1. The summed E-state index contributed by atoms with van der Waals surface area (Å²) in [6, 6.07) is 21.5. The highest BCUT2D eigenvalue weighted by Gasteiger charge is 2.40. The molecule has 0 spiro atoms. The number of rotatable bonds is 7. The van der Waals surface area contributed by atoms with Gasteiger partial charge in [0.25, 0.3) is 11.8 Å². The molecule has 0 fully saturated rings. The van der Waals surface area contributed by atoms with Crippen LogP contribution in [0, 0.1) is 5.82 Å². The number of ether oxygens (including phenoxy) is 1. The molecule has 4 rings (SSSR count). The van der Waals surface area contributed by atoms with E-state index in [2.05, 4.69) is 5.32 Å². The van der Waals surface area contributed by atoms with E-state index < -0.39 is 17.6 Å². The number of halogens is 1. The maximum atomic E-state index is 13.5. The third kappa shape index (κ3) is 4.19. The van der Waals surface area contributed by atoms with Crippen molar-refractivity contribution in [3.05, 3.63) is 95.9 Å². The zero-order valence-electron chi connectivity index (χ0n) is 17.0. The van der Waals surface area contributed by atoms with Crippen LogP contribution in [0.1, 0.15) is 18.9 Å². The first-order valence-corrected chi connectivity index (χ1v) is 10.0. The number of amides is 2. The van der Waals surface area contributed by atoms with Crippen LogP contribution in [0.4, 0.5) is 15.8 Å². The van der Waals surface area contributed by atoms with Gasteiger partial charge in [-0.1, -0.05) is 43.3 Å². The van der Waals surface area contributed by atoms with E-state index in [1.54, 1.807) is 36.4 Å². The number of benzene rings is 3. The molecule has 31 heavy (non-hydrogen) atoms. The van der Waals surface area contributed by atoms with Crippen LogP contribution in [0.3, 0.4) is 0 Å². The lowest BCUT2D eigenvalue weighted by atomic mass is 10.0. The quantitative estimate of drug-likeness (QED) is 0.550. The Morgan fingerprint density at radius 2 is 1.65 bits per heavy atom. The second kappa shape index (κ2) is 8.83. The molecule has 0 saturated heterocycles. The Hall–Kier alpha value is -3.93. The first kappa shape index (κ1) is 20.3. The fourth-order valence-corrected chi connectivity index (χ4v) is 3.36. The average molecular weight is 416 g/mol. The average Bonchev–Trinajstić information content (AvgIpc) is 3.03. The lowest BCUT2D eigenvalue weighted by Crippen LogP contribution is -2.32.